The molecule has 1 heterocycles. The zero-order chi connectivity index (χ0) is 15.7. The fourth-order valence-electron chi connectivity index (χ4n) is 2.17. The van der Waals surface area contributed by atoms with Crippen LogP contribution in [0.2, 0.25) is 0 Å². The normalized spacial score (nSPS) is 10.6. The maximum atomic E-state index is 13.6. The number of carbonyl (C=O) groups is 1. The number of aryl methyl sites for hydroxylation is 1. The summed E-state index contributed by atoms with van der Waals surface area (Å²) in [5.74, 6) is -1.31. The Morgan fingerprint density at radius 2 is 1.82 bits per heavy atom. The second kappa shape index (κ2) is 5.40. The van der Waals surface area contributed by atoms with Crippen LogP contribution in [-0.4, -0.2) is 15.5 Å². The van der Waals surface area contributed by atoms with Crippen molar-refractivity contribution in [3.8, 4) is 0 Å². The van der Waals surface area contributed by atoms with Crippen molar-refractivity contribution in [2.45, 2.75) is 0 Å². The summed E-state index contributed by atoms with van der Waals surface area (Å²) in [6, 6.07) is 12.7. The molecule has 0 spiro atoms. The summed E-state index contributed by atoms with van der Waals surface area (Å²) in [4.78, 5) is 28.6. The van der Waals surface area contributed by atoms with Crippen molar-refractivity contribution in [3.63, 3.8) is 0 Å². The Bertz CT molecular complexity index is 934. The summed E-state index contributed by atoms with van der Waals surface area (Å²) in [7, 11) is 1.56. The Labute approximate surface area is 125 Å². The molecule has 0 fully saturated rings. The zero-order valence-corrected chi connectivity index (χ0v) is 11.7. The number of hydrogen-bond donors (Lipinski definition) is 1. The van der Waals surface area contributed by atoms with Crippen LogP contribution < -0.4 is 10.9 Å². The number of amides is 1. The van der Waals surface area contributed by atoms with E-state index in [4.69, 9.17) is 0 Å². The molecular weight excluding hydrogens is 285 g/mol. The highest BCUT2D eigenvalue weighted by Gasteiger charge is 2.17. The predicted molar refractivity (Wildman–Crippen MR) is 81.3 cm³/mol. The SMILES string of the molecule is Cn1c(=O)c(C(=O)Nc2ccccc2F)nc2ccccc21. The van der Waals surface area contributed by atoms with Crippen molar-refractivity contribution in [2.24, 2.45) is 7.05 Å². The molecule has 0 atom stereocenters. The van der Waals surface area contributed by atoms with E-state index in [9.17, 15) is 14.0 Å². The summed E-state index contributed by atoms with van der Waals surface area (Å²) in [6.07, 6.45) is 0. The van der Waals surface area contributed by atoms with Crippen molar-refractivity contribution in [2.75, 3.05) is 5.32 Å². The minimum atomic E-state index is -0.739. The monoisotopic (exact) mass is 297 g/mol. The first-order valence-corrected chi connectivity index (χ1v) is 6.59. The number of hydrogen-bond acceptors (Lipinski definition) is 3. The summed E-state index contributed by atoms with van der Waals surface area (Å²) in [6.45, 7) is 0. The quantitative estimate of drug-likeness (QED) is 0.789. The van der Waals surface area contributed by atoms with E-state index < -0.39 is 17.3 Å². The van der Waals surface area contributed by atoms with Crippen LogP contribution in [0.5, 0.6) is 0 Å². The first kappa shape index (κ1) is 13.9. The standard InChI is InChI=1S/C16H12FN3O2/c1-20-13-9-5-4-8-12(13)18-14(16(20)22)15(21)19-11-7-3-2-6-10(11)17/h2-9H,1H3,(H,19,21). The first-order chi connectivity index (χ1) is 10.6. The molecule has 0 bridgehead atoms. The molecule has 1 N–H and O–H groups in total. The highest BCUT2D eigenvalue weighted by molar-refractivity contribution is 6.03. The molecule has 3 aromatic rings. The Balaban J connectivity index is 2.07. The van der Waals surface area contributed by atoms with Crippen LogP contribution in [-0.2, 0) is 7.05 Å². The van der Waals surface area contributed by atoms with Crippen LogP contribution in [0.25, 0.3) is 11.0 Å². The maximum Gasteiger partial charge on any atom is 0.282 e. The van der Waals surface area contributed by atoms with Crippen molar-refractivity contribution < 1.29 is 9.18 Å². The van der Waals surface area contributed by atoms with Gasteiger partial charge < -0.3 is 9.88 Å². The van der Waals surface area contributed by atoms with Gasteiger partial charge in [-0.05, 0) is 24.3 Å². The number of fused-ring (bicyclic) bond motifs is 1. The molecule has 6 heteroatoms. The summed E-state index contributed by atoms with van der Waals surface area (Å²) in [5.41, 5.74) is 0.333. The van der Waals surface area contributed by atoms with Gasteiger partial charge in [0, 0.05) is 7.05 Å². The second-order valence-corrected chi connectivity index (χ2v) is 4.75. The molecule has 22 heavy (non-hydrogen) atoms. The lowest BCUT2D eigenvalue weighted by atomic mass is 10.2. The third-order valence-corrected chi connectivity index (χ3v) is 3.32. The zero-order valence-electron chi connectivity index (χ0n) is 11.7. The maximum absolute atomic E-state index is 13.6. The minimum absolute atomic E-state index is 0.00418. The van der Waals surface area contributed by atoms with Gasteiger partial charge in [-0.3, -0.25) is 9.59 Å². The fraction of sp³-hybridized carbons (Fsp3) is 0.0625. The number of aromatic nitrogens is 2. The van der Waals surface area contributed by atoms with Gasteiger partial charge >= 0.3 is 0 Å². The molecule has 0 radical (unpaired) electrons. The molecule has 110 valence electrons. The lowest BCUT2D eigenvalue weighted by molar-refractivity contribution is 0.102. The van der Waals surface area contributed by atoms with E-state index in [1.165, 1.54) is 22.8 Å². The Hall–Kier alpha value is -3.02. The molecule has 0 aliphatic rings. The number of rotatable bonds is 2. The van der Waals surface area contributed by atoms with Gasteiger partial charge in [0.05, 0.1) is 16.7 Å². The van der Waals surface area contributed by atoms with Crippen LogP contribution in [0.1, 0.15) is 10.5 Å². The van der Waals surface area contributed by atoms with Crippen LogP contribution >= 0.6 is 0 Å². The molecule has 0 saturated heterocycles. The van der Waals surface area contributed by atoms with Gasteiger partial charge in [0.2, 0.25) is 0 Å². The number of nitrogens with one attached hydrogen (secondary N) is 1. The first-order valence-electron chi connectivity index (χ1n) is 6.59. The summed E-state index contributed by atoms with van der Waals surface area (Å²) in [5, 5.41) is 2.37. The molecular formula is C16H12FN3O2. The van der Waals surface area contributed by atoms with E-state index in [1.807, 2.05) is 0 Å². The van der Waals surface area contributed by atoms with E-state index >= 15 is 0 Å². The Morgan fingerprint density at radius 1 is 1.14 bits per heavy atom. The average molecular weight is 297 g/mol. The minimum Gasteiger partial charge on any atom is -0.318 e. The van der Waals surface area contributed by atoms with Gasteiger partial charge in [0.1, 0.15) is 5.82 Å². The highest BCUT2D eigenvalue weighted by atomic mass is 19.1. The van der Waals surface area contributed by atoms with E-state index in [0.717, 1.165) is 0 Å². The van der Waals surface area contributed by atoms with Gasteiger partial charge in [-0.15, -0.1) is 0 Å². The van der Waals surface area contributed by atoms with Crippen molar-refractivity contribution in [3.05, 3.63) is 70.4 Å². The number of halogens is 1. The van der Waals surface area contributed by atoms with E-state index in [2.05, 4.69) is 10.3 Å². The second-order valence-electron chi connectivity index (χ2n) is 4.75. The van der Waals surface area contributed by atoms with Crippen LogP contribution in [0, 0.1) is 5.82 Å². The van der Waals surface area contributed by atoms with Crippen molar-refractivity contribution >= 4 is 22.6 Å². The Kier molecular flexibility index (Phi) is 3.42. The fourth-order valence-corrected chi connectivity index (χ4v) is 2.17. The molecule has 0 saturated carbocycles. The van der Waals surface area contributed by atoms with Crippen LogP contribution in [0.3, 0.4) is 0 Å². The molecule has 3 rings (SSSR count). The van der Waals surface area contributed by atoms with Gasteiger partial charge in [-0.1, -0.05) is 24.3 Å². The molecule has 0 aliphatic carbocycles. The van der Waals surface area contributed by atoms with E-state index in [1.54, 1.807) is 37.4 Å². The topological polar surface area (TPSA) is 64.0 Å². The number of para-hydroxylation sites is 3. The summed E-state index contributed by atoms with van der Waals surface area (Å²) < 4.78 is 14.9. The number of carbonyl (C=O) groups excluding carboxylic acids is 1. The molecule has 1 amide bonds. The van der Waals surface area contributed by atoms with E-state index in [0.29, 0.717) is 11.0 Å². The van der Waals surface area contributed by atoms with Crippen molar-refractivity contribution in [1.29, 1.82) is 0 Å². The van der Waals surface area contributed by atoms with E-state index in [-0.39, 0.29) is 11.4 Å². The number of nitrogens with zero attached hydrogens (tertiary/aromatic N) is 2. The van der Waals surface area contributed by atoms with Gasteiger partial charge in [0.25, 0.3) is 11.5 Å². The largest absolute Gasteiger partial charge is 0.318 e. The van der Waals surface area contributed by atoms with Crippen molar-refractivity contribution in [1.82, 2.24) is 9.55 Å². The molecule has 1 aromatic heterocycles. The molecule has 0 unspecified atom stereocenters. The van der Waals surface area contributed by atoms with Gasteiger partial charge in [-0.2, -0.15) is 0 Å². The van der Waals surface area contributed by atoms with Crippen LogP contribution in [0.4, 0.5) is 10.1 Å². The summed E-state index contributed by atoms with van der Waals surface area (Å²) >= 11 is 0. The number of benzene rings is 2. The van der Waals surface area contributed by atoms with Gasteiger partial charge in [-0.25, -0.2) is 9.37 Å². The van der Waals surface area contributed by atoms with Crippen LogP contribution in [0.15, 0.2) is 53.3 Å². The lowest BCUT2D eigenvalue weighted by Gasteiger charge is -2.08. The average Bonchev–Trinajstić information content (AvgIpc) is 2.53. The molecule has 0 aliphatic heterocycles. The Morgan fingerprint density at radius 3 is 2.59 bits per heavy atom. The number of anilines is 1. The smallest absolute Gasteiger partial charge is 0.282 e. The predicted octanol–water partition coefficient (Wildman–Crippen LogP) is 2.32. The third kappa shape index (κ3) is 2.35. The highest BCUT2D eigenvalue weighted by Crippen LogP contribution is 2.14. The van der Waals surface area contributed by atoms with Gasteiger partial charge in [0.15, 0.2) is 5.69 Å². The lowest BCUT2D eigenvalue weighted by Crippen LogP contribution is -2.30. The molecule has 2 aromatic carbocycles. The molecule has 5 nitrogen and oxygen atoms in total. The third-order valence-electron chi connectivity index (χ3n) is 3.32.